The first-order valence-corrected chi connectivity index (χ1v) is 12.2. The molecule has 0 aromatic heterocycles. The van der Waals surface area contributed by atoms with Crippen molar-refractivity contribution >= 4 is 33.4 Å². The molecule has 2 aromatic rings. The van der Waals surface area contributed by atoms with Crippen molar-refractivity contribution in [1.29, 1.82) is 0 Å². The number of phenolic OH excluding ortho intramolecular Hbond substituents is 1. The van der Waals surface area contributed by atoms with E-state index in [-0.39, 0.29) is 29.6 Å². The maximum absolute atomic E-state index is 13.7. The van der Waals surface area contributed by atoms with Gasteiger partial charge in [-0.15, -0.1) is 0 Å². The second-order valence-electron chi connectivity index (χ2n) is 8.79. The number of hydrogen-bond donors (Lipinski definition) is 1. The van der Waals surface area contributed by atoms with E-state index >= 15 is 0 Å². The first-order valence-electron chi connectivity index (χ1n) is 11.4. The molecular weight excluding hydrogens is 530 g/mol. The molecule has 190 valence electrons. The molecule has 1 unspecified atom stereocenters. The van der Waals surface area contributed by atoms with Crippen LogP contribution in [0.3, 0.4) is 0 Å². The van der Waals surface area contributed by atoms with Gasteiger partial charge >= 0.3 is 5.97 Å². The van der Waals surface area contributed by atoms with Gasteiger partial charge < -0.3 is 24.1 Å². The normalized spacial score (nSPS) is 21.4. The van der Waals surface area contributed by atoms with Crippen LogP contribution in [-0.2, 0) is 14.3 Å². The summed E-state index contributed by atoms with van der Waals surface area (Å²) in [6.07, 6.45) is 0.776. The lowest BCUT2D eigenvalue weighted by Gasteiger charge is -2.36. The van der Waals surface area contributed by atoms with Crippen LogP contribution in [0.15, 0.2) is 51.1 Å². The molecule has 0 amide bonds. The molecule has 0 bridgehead atoms. The van der Waals surface area contributed by atoms with Crippen LogP contribution in [0.2, 0.25) is 0 Å². The largest absolute Gasteiger partial charge is 0.503 e. The van der Waals surface area contributed by atoms with E-state index in [9.17, 15) is 14.7 Å². The minimum absolute atomic E-state index is 0.0604. The fraction of sp³-hybridized carbons (Fsp3) is 0.370. The Balaban J connectivity index is 1.83. The van der Waals surface area contributed by atoms with Gasteiger partial charge in [-0.1, -0.05) is 6.07 Å². The van der Waals surface area contributed by atoms with Gasteiger partial charge in [0.1, 0.15) is 5.92 Å². The predicted molar refractivity (Wildman–Crippen MR) is 137 cm³/mol. The first kappa shape index (κ1) is 25.8. The van der Waals surface area contributed by atoms with Gasteiger partial charge in [0, 0.05) is 29.3 Å². The van der Waals surface area contributed by atoms with E-state index in [2.05, 4.69) is 15.9 Å². The van der Waals surface area contributed by atoms with E-state index in [4.69, 9.17) is 23.9 Å². The Morgan fingerprint density at radius 1 is 0.972 bits per heavy atom. The van der Waals surface area contributed by atoms with Crippen molar-refractivity contribution in [3.63, 3.8) is 0 Å². The number of methoxy groups -OCH3 is 4. The number of aromatic hydroxyl groups is 1. The number of carbonyl (C=O) groups excluding carboxylic acids is 2. The molecule has 0 spiro atoms. The first-order chi connectivity index (χ1) is 17.2. The van der Waals surface area contributed by atoms with Crippen molar-refractivity contribution in [2.75, 3.05) is 28.4 Å². The zero-order valence-corrected chi connectivity index (χ0v) is 22.3. The van der Waals surface area contributed by atoms with Crippen molar-refractivity contribution in [2.24, 2.45) is 10.9 Å². The number of carbonyl (C=O) groups is 2. The van der Waals surface area contributed by atoms with Crippen molar-refractivity contribution < 1.29 is 33.6 Å². The van der Waals surface area contributed by atoms with Crippen LogP contribution < -0.4 is 14.2 Å². The molecule has 1 N–H and O–H groups in total. The second-order valence-corrected chi connectivity index (χ2v) is 9.64. The highest BCUT2D eigenvalue weighted by Crippen LogP contribution is 2.49. The average Bonchev–Trinajstić information content (AvgIpc) is 2.88. The van der Waals surface area contributed by atoms with Crippen LogP contribution in [0.4, 0.5) is 0 Å². The van der Waals surface area contributed by atoms with Crippen LogP contribution in [0.5, 0.6) is 23.0 Å². The molecule has 3 atom stereocenters. The smallest absolute Gasteiger partial charge is 0.315 e. The monoisotopic (exact) mass is 557 g/mol. The average molecular weight is 558 g/mol. The highest BCUT2D eigenvalue weighted by Gasteiger charge is 2.45. The summed E-state index contributed by atoms with van der Waals surface area (Å²) in [6, 6.07) is 9.00. The number of esters is 1. The summed E-state index contributed by atoms with van der Waals surface area (Å²) in [5, 5.41) is 10.3. The fourth-order valence-electron chi connectivity index (χ4n) is 5.12. The quantitative estimate of drug-likeness (QED) is 0.502. The van der Waals surface area contributed by atoms with Crippen molar-refractivity contribution in [2.45, 2.75) is 31.6 Å². The number of ketones is 1. The third kappa shape index (κ3) is 4.48. The zero-order valence-electron chi connectivity index (χ0n) is 20.8. The molecule has 1 heterocycles. The van der Waals surface area contributed by atoms with E-state index in [0.29, 0.717) is 44.9 Å². The Hall–Kier alpha value is -3.33. The number of hydrogen-bond acceptors (Lipinski definition) is 8. The van der Waals surface area contributed by atoms with Crippen molar-refractivity contribution in [3.05, 3.63) is 57.2 Å². The Labute approximate surface area is 218 Å². The predicted octanol–water partition coefficient (Wildman–Crippen LogP) is 4.93. The molecule has 1 aliphatic heterocycles. The van der Waals surface area contributed by atoms with Crippen molar-refractivity contribution in [3.8, 4) is 23.0 Å². The van der Waals surface area contributed by atoms with Gasteiger partial charge in [-0.05, 0) is 70.6 Å². The number of aliphatic imine (C=N–C) groups is 1. The number of nitrogens with zero attached hydrogens (tertiary/aromatic N) is 1. The van der Waals surface area contributed by atoms with E-state index in [1.807, 2.05) is 18.2 Å². The van der Waals surface area contributed by atoms with Crippen molar-refractivity contribution in [1.82, 2.24) is 0 Å². The van der Waals surface area contributed by atoms with E-state index < -0.39 is 17.8 Å². The van der Waals surface area contributed by atoms with Crippen LogP contribution in [0.1, 0.15) is 42.7 Å². The molecule has 8 nitrogen and oxygen atoms in total. The van der Waals surface area contributed by atoms with Gasteiger partial charge in [-0.2, -0.15) is 0 Å². The number of rotatable bonds is 6. The lowest BCUT2D eigenvalue weighted by molar-refractivity contribution is -0.143. The maximum atomic E-state index is 13.7. The number of allylic oxidation sites excluding steroid dienone is 2. The number of halogens is 1. The fourth-order valence-corrected chi connectivity index (χ4v) is 5.58. The van der Waals surface area contributed by atoms with Gasteiger partial charge in [0.05, 0.1) is 32.9 Å². The lowest BCUT2D eigenvalue weighted by Crippen LogP contribution is -2.37. The van der Waals surface area contributed by atoms with Gasteiger partial charge in [0.2, 0.25) is 0 Å². The van der Waals surface area contributed by atoms with Gasteiger partial charge in [0.15, 0.2) is 28.8 Å². The number of Topliss-reactive ketones (excluding diaryl/α,β-unsaturated/α-hetero) is 1. The SMILES string of the molecule is COC(=O)C1C(C)=NC2=C(C(=O)C[C@H](c3ccc(OC)c(OC)c3)C2)[C@H]1c1cc(Br)c(O)c(OC)c1. The van der Waals surface area contributed by atoms with Crippen LogP contribution in [0, 0.1) is 5.92 Å². The number of benzene rings is 2. The van der Waals surface area contributed by atoms with E-state index in [0.717, 1.165) is 5.56 Å². The lowest BCUT2D eigenvalue weighted by atomic mass is 9.69. The van der Waals surface area contributed by atoms with Gasteiger partial charge in [-0.3, -0.25) is 14.6 Å². The van der Waals surface area contributed by atoms with E-state index in [1.165, 1.54) is 14.2 Å². The molecule has 4 rings (SSSR count). The standard InChI is InChI=1S/C27H28BrNO7/c1-13-23(27(32)36-5)24(16-8-17(28)26(31)22(12-16)35-4)25-18(29-13)9-15(10-19(25)30)14-6-7-20(33-2)21(11-14)34-3/h6-8,11-12,15,23-24,31H,9-10H2,1-5H3/t15-,23?,24+/m1/s1. The summed E-state index contributed by atoms with van der Waals surface area (Å²) in [6.45, 7) is 1.77. The van der Waals surface area contributed by atoms with Gasteiger partial charge in [-0.25, -0.2) is 0 Å². The molecule has 0 radical (unpaired) electrons. The number of phenols is 1. The highest BCUT2D eigenvalue weighted by atomic mass is 79.9. The maximum Gasteiger partial charge on any atom is 0.315 e. The molecule has 9 heteroatoms. The summed E-state index contributed by atoms with van der Waals surface area (Å²) in [4.78, 5) is 31.4. The summed E-state index contributed by atoms with van der Waals surface area (Å²) in [5.41, 5.74) is 3.30. The number of ether oxygens (including phenoxy) is 4. The highest BCUT2D eigenvalue weighted by molar-refractivity contribution is 9.10. The molecular formula is C27H28BrNO7. The van der Waals surface area contributed by atoms with Crippen LogP contribution in [-0.4, -0.2) is 51.0 Å². The zero-order chi connectivity index (χ0) is 26.1. The van der Waals surface area contributed by atoms with Crippen LogP contribution in [0.25, 0.3) is 0 Å². The molecule has 0 fully saturated rings. The summed E-state index contributed by atoms with van der Waals surface area (Å²) in [5.74, 6) is -0.709. The minimum atomic E-state index is -0.781. The molecule has 0 saturated carbocycles. The molecule has 1 aliphatic carbocycles. The third-order valence-corrected chi connectivity index (χ3v) is 7.46. The molecule has 2 aromatic carbocycles. The second kappa shape index (κ2) is 10.3. The summed E-state index contributed by atoms with van der Waals surface area (Å²) < 4.78 is 21.6. The topological polar surface area (TPSA) is 104 Å². The Bertz CT molecular complexity index is 1280. The van der Waals surface area contributed by atoms with Crippen LogP contribution >= 0.6 is 15.9 Å². The summed E-state index contributed by atoms with van der Waals surface area (Å²) >= 11 is 3.36. The molecule has 0 saturated heterocycles. The Morgan fingerprint density at radius 2 is 1.64 bits per heavy atom. The molecule has 2 aliphatic rings. The summed E-state index contributed by atoms with van der Waals surface area (Å²) in [7, 11) is 5.91. The minimum Gasteiger partial charge on any atom is -0.503 e. The van der Waals surface area contributed by atoms with E-state index in [1.54, 1.807) is 33.3 Å². The Kier molecular flexibility index (Phi) is 7.40. The molecule has 36 heavy (non-hydrogen) atoms. The van der Waals surface area contributed by atoms with Gasteiger partial charge in [0.25, 0.3) is 0 Å². The Morgan fingerprint density at radius 3 is 2.28 bits per heavy atom. The third-order valence-electron chi connectivity index (χ3n) is 6.85.